The standard InChI is InChI=1S/C18H31N3/c1-17(2,3)19-13-15-7-9-16(10-8-15)21-12-11-20(6)18(4,5)14-21/h7-10,19H,11-14H2,1-6H3. The van der Waals surface area contributed by atoms with Gasteiger partial charge in [-0.25, -0.2) is 0 Å². The Morgan fingerprint density at radius 3 is 2.24 bits per heavy atom. The van der Waals surface area contributed by atoms with Crippen LogP contribution in [0.25, 0.3) is 0 Å². The number of likely N-dealkylation sites (N-methyl/N-ethyl adjacent to an activating group) is 1. The second-order valence-corrected chi connectivity index (χ2v) is 7.93. The van der Waals surface area contributed by atoms with E-state index in [1.165, 1.54) is 11.3 Å². The number of anilines is 1. The normalized spacial score (nSPS) is 19.8. The van der Waals surface area contributed by atoms with Crippen molar-refractivity contribution in [3.8, 4) is 0 Å². The Morgan fingerprint density at radius 2 is 1.71 bits per heavy atom. The maximum absolute atomic E-state index is 3.54. The van der Waals surface area contributed by atoms with Gasteiger partial charge in [-0.05, 0) is 59.4 Å². The van der Waals surface area contributed by atoms with E-state index in [0.29, 0.717) is 0 Å². The molecule has 3 nitrogen and oxygen atoms in total. The molecule has 3 heteroatoms. The Kier molecular flexibility index (Phi) is 4.64. The van der Waals surface area contributed by atoms with Crippen molar-refractivity contribution in [1.82, 2.24) is 10.2 Å². The fraction of sp³-hybridized carbons (Fsp3) is 0.667. The largest absolute Gasteiger partial charge is 0.368 e. The maximum atomic E-state index is 3.54. The average molecular weight is 289 g/mol. The van der Waals surface area contributed by atoms with E-state index in [2.05, 4.69) is 81.0 Å². The molecule has 0 bridgehead atoms. The molecule has 0 spiro atoms. The summed E-state index contributed by atoms with van der Waals surface area (Å²) >= 11 is 0. The predicted molar refractivity (Wildman–Crippen MR) is 92.0 cm³/mol. The third-order valence-electron chi connectivity index (χ3n) is 4.44. The van der Waals surface area contributed by atoms with Crippen LogP contribution < -0.4 is 10.2 Å². The van der Waals surface area contributed by atoms with Gasteiger partial charge in [0.2, 0.25) is 0 Å². The van der Waals surface area contributed by atoms with Gasteiger partial charge in [0.15, 0.2) is 0 Å². The Labute approximate surface area is 130 Å². The van der Waals surface area contributed by atoms with Gasteiger partial charge in [0.1, 0.15) is 0 Å². The molecule has 1 fully saturated rings. The van der Waals surface area contributed by atoms with Crippen LogP contribution in [0.15, 0.2) is 24.3 Å². The zero-order valence-corrected chi connectivity index (χ0v) is 14.5. The molecule has 21 heavy (non-hydrogen) atoms. The minimum absolute atomic E-state index is 0.167. The second kappa shape index (κ2) is 5.98. The number of hydrogen-bond donors (Lipinski definition) is 1. The predicted octanol–water partition coefficient (Wildman–Crippen LogP) is 3.11. The van der Waals surface area contributed by atoms with Crippen molar-refractivity contribution in [2.24, 2.45) is 0 Å². The molecule has 0 aliphatic carbocycles. The first-order valence-corrected chi connectivity index (χ1v) is 7.98. The SMILES string of the molecule is CN1CCN(c2ccc(CNC(C)(C)C)cc2)CC1(C)C. The number of piperazine rings is 1. The highest BCUT2D eigenvalue weighted by molar-refractivity contribution is 5.48. The minimum Gasteiger partial charge on any atom is -0.368 e. The zero-order valence-electron chi connectivity index (χ0n) is 14.5. The van der Waals surface area contributed by atoms with Crippen molar-refractivity contribution in [3.05, 3.63) is 29.8 Å². The summed E-state index contributed by atoms with van der Waals surface area (Å²) in [5, 5.41) is 3.54. The van der Waals surface area contributed by atoms with Gasteiger partial charge in [0.25, 0.3) is 0 Å². The van der Waals surface area contributed by atoms with Gasteiger partial charge in [0, 0.05) is 42.9 Å². The number of nitrogens with one attached hydrogen (secondary N) is 1. The zero-order chi connectivity index (χ0) is 15.7. The molecule has 0 amide bonds. The van der Waals surface area contributed by atoms with Gasteiger partial charge in [-0.1, -0.05) is 12.1 Å². The van der Waals surface area contributed by atoms with E-state index in [4.69, 9.17) is 0 Å². The van der Waals surface area contributed by atoms with E-state index in [-0.39, 0.29) is 11.1 Å². The lowest BCUT2D eigenvalue weighted by atomic mass is 9.99. The van der Waals surface area contributed by atoms with Gasteiger partial charge in [-0.15, -0.1) is 0 Å². The highest BCUT2D eigenvalue weighted by Crippen LogP contribution is 2.24. The third kappa shape index (κ3) is 4.45. The van der Waals surface area contributed by atoms with Gasteiger partial charge >= 0.3 is 0 Å². The van der Waals surface area contributed by atoms with Gasteiger partial charge in [0.05, 0.1) is 0 Å². The lowest BCUT2D eigenvalue weighted by Crippen LogP contribution is -2.57. The van der Waals surface area contributed by atoms with Crippen LogP contribution in [0.3, 0.4) is 0 Å². The van der Waals surface area contributed by atoms with Crippen LogP contribution in [-0.4, -0.2) is 42.7 Å². The molecule has 0 saturated carbocycles. The molecule has 1 N–H and O–H groups in total. The molecule has 0 atom stereocenters. The number of rotatable bonds is 3. The molecule has 1 aliphatic rings. The summed E-state index contributed by atoms with van der Waals surface area (Å²) in [6.07, 6.45) is 0. The van der Waals surface area contributed by atoms with E-state index >= 15 is 0 Å². The van der Waals surface area contributed by atoms with Gasteiger partial charge < -0.3 is 10.2 Å². The third-order valence-corrected chi connectivity index (χ3v) is 4.44. The van der Waals surface area contributed by atoms with E-state index in [9.17, 15) is 0 Å². The molecular weight excluding hydrogens is 258 g/mol. The van der Waals surface area contributed by atoms with Crippen molar-refractivity contribution in [2.45, 2.75) is 52.2 Å². The first-order chi connectivity index (χ1) is 9.67. The molecule has 118 valence electrons. The van der Waals surface area contributed by atoms with E-state index in [1.54, 1.807) is 0 Å². The fourth-order valence-electron chi connectivity index (χ4n) is 2.65. The highest BCUT2D eigenvalue weighted by atomic mass is 15.3. The van der Waals surface area contributed by atoms with Crippen LogP contribution in [0.1, 0.15) is 40.2 Å². The van der Waals surface area contributed by atoms with Crippen molar-refractivity contribution in [2.75, 3.05) is 31.6 Å². The molecule has 1 heterocycles. The summed E-state index contributed by atoms with van der Waals surface area (Å²) in [4.78, 5) is 4.95. The fourth-order valence-corrected chi connectivity index (χ4v) is 2.65. The van der Waals surface area contributed by atoms with Crippen molar-refractivity contribution in [1.29, 1.82) is 0 Å². The molecular formula is C18H31N3. The molecule has 0 unspecified atom stereocenters. The Hall–Kier alpha value is -1.06. The quantitative estimate of drug-likeness (QED) is 0.922. The molecule has 1 aromatic rings. The topological polar surface area (TPSA) is 18.5 Å². The van der Waals surface area contributed by atoms with Crippen LogP contribution in [-0.2, 0) is 6.54 Å². The van der Waals surface area contributed by atoms with Crippen molar-refractivity contribution >= 4 is 5.69 Å². The van der Waals surface area contributed by atoms with Crippen LogP contribution in [0.4, 0.5) is 5.69 Å². The summed E-state index contributed by atoms with van der Waals surface area (Å²) in [6, 6.07) is 9.03. The minimum atomic E-state index is 0.167. The smallest absolute Gasteiger partial charge is 0.0367 e. The first kappa shape index (κ1) is 16.3. The summed E-state index contributed by atoms with van der Waals surface area (Å²) in [6.45, 7) is 15.5. The highest BCUT2D eigenvalue weighted by Gasteiger charge is 2.30. The lowest BCUT2D eigenvalue weighted by molar-refractivity contribution is 0.139. The monoisotopic (exact) mass is 289 g/mol. The van der Waals surface area contributed by atoms with Crippen LogP contribution >= 0.6 is 0 Å². The summed E-state index contributed by atoms with van der Waals surface area (Å²) in [5.41, 5.74) is 3.10. The summed E-state index contributed by atoms with van der Waals surface area (Å²) < 4.78 is 0. The van der Waals surface area contributed by atoms with Gasteiger partial charge in [-0.3, -0.25) is 4.90 Å². The van der Waals surface area contributed by atoms with Crippen molar-refractivity contribution < 1.29 is 0 Å². The first-order valence-electron chi connectivity index (χ1n) is 7.98. The number of benzene rings is 1. The second-order valence-electron chi connectivity index (χ2n) is 7.93. The number of nitrogens with zero attached hydrogens (tertiary/aromatic N) is 2. The summed E-state index contributed by atoms with van der Waals surface area (Å²) in [5.74, 6) is 0. The summed E-state index contributed by atoms with van der Waals surface area (Å²) in [7, 11) is 2.22. The molecule has 0 radical (unpaired) electrons. The van der Waals surface area contributed by atoms with Gasteiger partial charge in [-0.2, -0.15) is 0 Å². The van der Waals surface area contributed by atoms with E-state index in [1.807, 2.05) is 0 Å². The molecule has 2 rings (SSSR count). The molecule has 1 aromatic carbocycles. The molecule has 1 saturated heterocycles. The molecule has 1 aliphatic heterocycles. The van der Waals surface area contributed by atoms with E-state index in [0.717, 1.165) is 26.2 Å². The lowest BCUT2D eigenvalue weighted by Gasteiger charge is -2.46. The molecule has 0 aromatic heterocycles. The Bertz CT molecular complexity index is 456. The maximum Gasteiger partial charge on any atom is 0.0367 e. The van der Waals surface area contributed by atoms with E-state index < -0.39 is 0 Å². The van der Waals surface area contributed by atoms with Crippen LogP contribution in [0.2, 0.25) is 0 Å². The van der Waals surface area contributed by atoms with Crippen LogP contribution in [0.5, 0.6) is 0 Å². The van der Waals surface area contributed by atoms with Crippen molar-refractivity contribution in [3.63, 3.8) is 0 Å². The number of hydrogen-bond acceptors (Lipinski definition) is 3. The van der Waals surface area contributed by atoms with Crippen LogP contribution in [0, 0.1) is 0 Å². The average Bonchev–Trinajstić information content (AvgIpc) is 2.39. The Balaban J connectivity index is 1.99. The Morgan fingerprint density at radius 1 is 1.10 bits per heavy atom.